The molecule has 1 atom stereocenters. The van der Waals surface area contributed by atoms with Gasteiger partial charge >= 0.3 is 8.25 Å². The number of benzene rings is 3. The molecule has 3 N–H and O–H groups in total. The van der Waals surface area contributed by atoms with Crippen LogP contribution in [0.3, 0.4) is 0 Å². The summed E-state index contributed by atoms with van der Waals surface area (Å²) in [6.45, 7) is 6.30. The fraction of sp³-hybridized carbons (Fsp3) is 0.286. The maximum Gasteiger partial charge on any atom is 0.692 e. The number of nitrogens with zero attached hydrogens (tertiary/aromatic N) is 3. The maximum absolute atomic E-state index is 11.2. The monoisotopic (exact) mass is 506 g/mol. The first-order valence-corrected chi connectivity index (χ1v) is 13.1. The number of hydrogen-bond acceptors (Lipinski definition) is 4. The van der Waals surface area contributed by atoms with Crippen LogP contribution in [0.1, 0.15) is 62.2 Å². The van der Waals surface area contributed by atoms with Gasteiger partial charge in [0.25, 0.3) is 0 Å². The predicted octanol–water partition coefficient (Wildman–Crippen LogP) is 5.61. The van der Waals surface area contributed by atoms with E-state index in [1.54, 1.807) is 6.33 Å². The van der Waals surface area contributed by atoms with Crippen LogP contribution in [0.25, 0.3) is 0 Å². The van der Waals surface area contributed by atoms with Crippen LogP contribution in [0.2, 0.25) is 0 Å². The molecule has 7 nitrogen and oxygen atoms in total. The van der Waals surface area contributed by atoms with Gasteiger partial charge in [0.05, 0.1) is 0 Å². The molecule has 0 spiro atoms. The van der Waals surface area contributed by atoms with Gasteiger partial charge in [0.15, 0.2) is 5.82 Å². The van der Waals surface area contributed by atoms with Crippen molar-refractivity contribution in [2.45, 2.75) is 45.3 Å². The molecule has 0 aliphatic heterocycles. The minimum Gasteiger partial charge on any atom is -0.384 e. The lowest BCUT2D eigenvalue weighted by Gasteiger charge is -2.36. The van der Waals surface area contributed by atoms with Crippen molar-refractivity contribution in [2.24, 2.45) is 5.41 Å². The van der Waals surface area contributed by atoms with Gasteiger partial charge < -0.3 is 5.11 Å². The molecule has 3 aromatic carbocycles. The van der Waals surface area contributed by atoms with Gasteiger partial charge in [0, 0.05) is 9.98 Å². The van der Waals surface area contributed by atoms with Gasteiger partial charge in [-0.05, 0) is 29.5 Å². The molecule has 1 heterocycles. The molecule has 36 heavy (non-hydrogen) atoms. The second-order valence-corrected chi connectivity index (χ2v) is 9.38. The Hall–Kier alpha value is -3.22. The lowest BCUT2D eigenvalue weighted by atomic mass is 9.77. The zero-order valence-electron chi connectivity index (χ0n) is 20.8. The Bertz CT molecular complexity index is 1130. The third-order valence-corrected chi connectivity index (χ3v) is 6.95. The fourth-order valence-corrected chi connectivity index (χ4v) is 4.45. The first-order valence-electron chi connectivity index (χ1n) is 11.9. The molecule has 1 aromatic heterocycles. The highest BCUT2D eigenvalue weighted by atomic mass is 31.1. The smallest absolute Gasteiger partial charge is 0.384 e. The molecule has 188 valence electrons. The Morgan fingerprint density at radius 1 is 0.806 bits per heavy atom. The highest BCUT2D eigenvalue weighted by molar-refractivity contribution is 7.30. The SMILES string of the molecule is CCC(C)(CC)C(O)c1ncn(C(c2ccccc2)(c2ccccc2)c2ccccc2)n1.O=[P+](O)O. The highest BCUT2D eigenvalue weighted by Gasteiger charge is 2.41. The summed E-state index contributed by atoms with van der Waals surface area (Å²) in [6.07, 6.45) is 2.72. The van der Waals surface area contributed by atoms with E-state index in [9.17, 15) is 5.11 Å². The van der Waals surface area contributed by atoms with Crippen LogP contribution in [0.15, 0.2) is 97.3 Å². The van der Waals surface area contributed by atoms with Gasteiger partial charge in [-0.25, -0.2) is 9.67 Å². The van der Waals surface area contributed by atoms with Crippen molar-refractivity contribution in [1.82, 2.24) is 14.8 Å². The molecule has 0 aliphatic rings. The molecule has 0 saturated carbocycles. The van der Waals surface area contributed by atoms with Crippen LogP contribution in [-0.4, -0.2) is 29.7 Å². The third-order valence-electron chi connectivity index (χ3n) is 6.95. The Balaban J connectivity index is 0.000000840. The van der Waals surface area contributed by atoms with Gasteiger partial charge in [0.1, 0.15) is 18.0 Å². The average Bonchev–Trinajstić information content (AvgIpc) is 3.40. The summed E-state index contributed by atoms with van der Waals surface area (Å²) in [5.41, 5.74) is 2.25. The van der Waals surface area contributed by atoms with E-state index in [1.165, 1.54) is 0 Å². The minimum atomic E-state index is -2.87. The predicted molar refractivity (Wildman–Crippen MR) is 140 cm³/mol. The first kappa shape index (κ1) is 27.4. The average molecular weight is 507 g/mol. The Kier molecular flexibility index (Phi) is 9.24. The van der Waals surface area contributed by atoms with Gasteiger partial charge in [0.2, 0.25) is 0 Å². The summed E-state index contributed by atoms with van der Waals surface area (Å²) in [6, 6.07) is 31.1. The van der Waals surface area contributed by atoms with Gasteiger partial charge in [-0.1, -0.05) is 112 Å². The molecule has 4 rings (SSSR count). The highest BCUT2D eigenvalue weighted by Crippen LogP contribution is 2.42. The van der Waals surface area contributed by atoms with Crippen LogP contribution in [-0.2, 0) is 10.1 Å². The van der Waals surface area contributed by atoms with Gasteiger partial charge in [-0.3, -0.25) is 0 Å². The van der Waals surface area contributed by atoms with E-state index in [0.717, 1.165) is 29.5 Å². The Morgan fingerprint density at radius 2 is 1.17 bits per heavy atom. The summed E-state index contributed by atoms with van der Waals surface area (Å²) in [5, 5.41) is 16.1. The normalized spacial score (nSPS) is 12.4. The van der Waals surface area contributed by atoms with Crippen molar-refractivity contribution in [3.8, 4) is 0 Å². The lowest BCUT2D eigenvalue weighted by Crippen LogP contribution is -2.38. The lowest BCUT2D eigenvalue weighted by molar-refractivity contribution is 0.0226. The van der Waals surface area contributed by atoms with Crippen molar-refractivity contribution in [3.05, 3.63) is 120 Å². The second kappa shape index (κ2) is 12.2. The quantitative estimate of drug-likeness (QED) is 0.212. The van der Waals surface area contributed by atoms with E-state index in [4.69, 9.17) is 19.5 Å². The Morgan fingerprint density at radius 3 is 1.50 bits per heavy atom. The molecule has 0 bridgehead atoms. The number of aliphatic hydroxyl groups is 1. The van der Waals surface area contributed by atoms with E-state index in [1.807, 2.05) is 59.3 Å². The van der Waals surface area contributed by atoms with Crippen LogP contribution in [0.5, 0.6) is 0 Å². The topological polar surface area (TPSA) is 108 Å². The van der Waals surface area contributed by atoms with Gasteiger partial charge in [-0.15, -0.1) is 9.79 Å². The third kappa shape index (κ3) is 5.61. The largest absolute Gasteiger partial charge is 0.692 e. The van der Waals surface area contributed by atoms with Crippen molar-refractivity contribution in [2.75, 3.05) is 0 Å². The minimum absolute atomic E-state index is 0.277. The van der Waals surface area contributed by atoms with Crippen molar-refractivity contribution in [3.63, 3.8) is 0 Å². The molecule has 0 amide bonds. The van der Waals surface area contributed by atoms with Gasteiger partial charge in [-0.2, -0.15) is 5.10 Å². The van der Waals surface area contributed by atoms with E-state index in [-0.39, 0.29) is 5.41 Å². The molecule has 4 aromatic rings. The summed E-state index contributed by atoms with van der Waals surface area (Å²) < 4.78 is 10.6. The summed E-state index contributed by atoms with van der Waals surface area (Å²) in [4.78, 5) is 18.9. The molecule has 0 radical (unpaired) electrons. The molecule has 1 unspecified atom stereocenters. The molecule has 0 aliphatic carbocycles. The molecule has 0 saturated heterocycles. The zero-order chi connectivity index (χ0) is 26.2. The zero-order valence-corrected chi connectivity index (χ0v) is 21.7. The van der Waals surface area contributed by atoms with Crippen molar-refractivity contribution >= 4 is 8.25 Å². The Labute approximate surface area is 213 Å². The molecular weight excluding hydrogens is 473 g/mol. The van der Waals surface area contributed by atoms with E-state index in [0.29, 0.717) is 5.82 Å². The maximum atomic E-state index is 11.2. The molecular formula is C28H33N3O4P+. The standard InChI is InChI=1S/C28H31N3O.HO3P/c1-4-27(3,5-2)25(32)26-29-21-31(30-26)28(22-15-9-6-10-16-22,23-17-11-7-12-18-23)24-19-13-8-14-20-24;1-4(2)3/h6-21,25,32H,4-5H2,1-3H3;(H-,1,2,3)/p+1. The fourth-order valence-electron chi connectivity index (χ4n) is 4.45. The van der Waals surface area contributed by atoms with E-state index >= 15 is 0 Å². The number of hydrogen-bond donors (Lipinski definition) is 3. The second-order valence-electron chi connectivity index (χ2n) is 8.87. The number of rotatable bonds is 8. The number of aliphatic hydroxyl groups excluding tert-OH is 1. The summed E-state index contributed by atoms with van der Waals surface area (Å²) >= 11 is 0. The summed E-state index contributed by atoms with van der Waals surface area (Å²) in [7, 11) is -2.87. The molecule has 0 fully saturated rings. The van der Waals surface area contributed by atoms with E-state index in [2.05, 4.69) is 62.2 Å². The molecule has 8 heteroatoms. The number of aromatic nitrogens is 3. The van der Waals surface area contributed by atoms with E-state index < -0.39 is 19.9 Å². The van der Waals surface area contributed by atoms with Crippen LogP contribution >= 0.6 is 8.25 Å². The van der Waals surface area contributed by atoms with Crippen molar-refractivity contribution < 1.29 is 19.5 Å². The first-order chi connectivity index (χ1) is 17.3. The van der Waals surface area contributed by atoms with Crippen LogP contribution in [0.4, 0.5) is 0 Å². The van der Waals surface area contributed by atoms with Crippen LogP contribution < -0.4 is 0 Å². The van der Waals surface area contributed by atoms with Crippen molar-refractivity contribution in [1.29, 1.82) is 0 Å². The van der Waals surface area contributed by atoms with Crippen LogP contribution in [0, 0.1) is 5.41 Å². The summed E-state index contributed by atoms with van der Waals surface area (Å²) in [5.74, 6) is 0.461.